The average molecular weight is 374 g/mol. The fourth-order valence-corrected chi connectivity index (χ4v) is 2.94. The molecule has 8 nitrogen and oxygen atoms in total. The van der Waals surface area contributed by atoms with Crippen LogP contribution in [0.25, 0.3) is 22.2 Å². The first-order valence-electron chi connectivity index (χ1n) is 8.87. The summed E-state index contributed by atoms with van der Waals surface area (Å²) >= 11 is 0. The van der Waals surface area contributed by atoms with Crippen LogP contribution in [0, 0.1) is 6.92 Å². The lowest BCUT2D eigenvalue weighted by molar-refractivity contribution is 0.102. The van der Waals surface area contributed by atoms with Crippen molar-refractivity contribution in [3.8, 4) is 11.4 Å². The number of carbonyl (C=O) groups excluding carboxylic acids is 1. The third-order valence-electron chi connectivity index (χ3n) is 4.42. The number of rotatable bonds is 4. The number of nitrogens with zero attached hydrogens (tertiary/aromatic N) is 4. The van der Waals surface area contributed by atoms with Gasteiger partial charge in [0.05, 0.1) is 5.39 Å². The van der Waals surface area contributed by atoms with Crippen molar-refractivity contribution in [2.75, 3.05) is 5.32 Å². The Morgan fingerprint density at radius 3 is 2.54 bits per heavy atom. The summed E-state index contributed by atoms with van der Waals surface area (Å²) in [5, 5.41) is 14.7. The van der Waals surface area contributed by atoms with E-state index in [1.165, 1.54) is 4.68 Å². The normalized spacial score (nSPS) is 10.9. The molecule has 0 aliphatic rings. The van der Waals surface area contributed by atoms with Gasteiger partial charge in [-0.25, -0.2) is 4.68 Å². The first-order valence-corrected chi connectivity index (χ1v) is 8.87. The molecule has 2 aromatic carbocycles. The Morgan fingerprint density at radius 2 is 1.82 bits per heavy atom. The van der Waals surface area contributed by atoms with Crippen LogP contribution in [0.2, 0.25) is 0 Å². The Bertz CT molecular complexity index is 1220. The second-order valence-electron chi connectivity index (χ2n) is 6.34. The standard InChI is InChI=1S/C20H18N6O2/c1-3-26-19(28)15-7-5-4-6-14(15)16(25-26)18(27)22-20-21-17(23-24-20)13-10-8-12(2)9-11-13/h4-11H,3H2,1-2H3,(H2,21,22,23,24,27). The highest BCUT2D eigenvalue weighted by molar-refractivity contribution is 6.10. The predicted molar refractivity (Wildman–Crippen MR) is 106 cm³/mol. The lowest BCUT2D eigenvalue weighted by Gasteiger charge is -2.08. The maximum absolute atomic E-state index is 12.8. The predicted octanol–water partition coefficient (Wildman–Crippen LogP) is 2.76. The molecule has 0 spiro atoms. The number of amides is 1. The Hall–Kier alpha value is -3.81. The van der Waals surface area contributed by atoms with Gasteiger partial charge >= 0.3 is 0 Å². The Balaban J connectivity index is 1.67. The monoisotopic (exact) mass is 374 g/mol. The molecule has 4 aromatic rings. The molecule has 28 heavy (non-hydrogen) atoms. The summed E-state index contributed by atoms with van der Waals surface area (Å²) in [5.41, 5.74) is 1.93. The number of anilines is 1. The average Bonchev–Trinajstić information content (AvgIpc) is 3.17. The van der Waals surface area contributed by atoms with Crippen LogP contribution in [0.4, 0.5) is 5.95 Å². The number of nitrogens with one attached hydrogen (secondary N) is 2. The molecule has 2 heterocycles. The minimum absolute atomic E-state index is 0.140. The molecule has 0 saturated heterocycles. The van der Waals surface area contributed by atoms with E-state index in [1.54, 1.807) is 31.2 Å². The molecule has 4 rings (SSSR count). The smallest absolute Gasteiger partial charge is 0.279 e. The Morgan fingerprint density at radius 1 is 1.11 bits per heavy atom. The summed E-state index contributed by atoms with van der Waals surface area (Å²) in [6.07, 6.45) is 0. The molecule has 0 aliphatic carbocycles. The minimum atomic E-state index is -0.479. The van der Waals surface area contributed by atoms with E-state index < -0.39 is 5.91 Å². The number of benzene rings is 2. The van der Waals surface area contributed by atoms with Gasteiger partial charge in [0.25, 0.3) is 11.5 Å². The summed E-state index contributed by atoms with van der Waals surface area (Å²) in [5.74, 6) is 0.209. The van der Waals surface area contributed by atoms with Crippen molar-refractivity contribution in [3.05, 3.63) is 70.1 Å². The van der Waals surface area contributed by atoms with Crippen LogP contribution in [0.5, 0.6) is 0 Å². The largest absolute Gasteiger partial charge is 0.288 e. The molecule has 1 amide bonds. The summed E-state index contributed by atoms with van der Waals surface area (Å²) in [6.45, 7) is 4.17. The number of carbonyl (C=O) groups is 1. The quantitative estimate of drug-likeness (QED) is 0.571. The van der Waals surface area contributed by atoms with Gasteiger partial charge in [0, 0.05) is 17.5 Å². The molecule has 0 bridgehead atoms. The fraction of sp³-hybridized carbons (Fsp3) is 0.150. The maximum Gasteiger partial charge on any atom is 0.279 e. The molecule has 0 saturated carbocycles. The van der Waals surface area contributed by atoms with E-state index in [2.05, 4.69) is 25.6 Å². The number of hydrogen-bond donors (Lipinski definition) is 2. The Kier molecular flexibility index (Phi) is 4.44. The minimum Gasteiger partial charge on any atom is -0.288 e. The molecular formula is C20H18N6O2. The van der Waals surface area contributed by atoms with Crippen LogP contribution in [0.15, 0.2) is 53.3 Å². The van der Waals surface area contributed by atoms with E-state index in [1.807, 2.05) is 31.2 Å². The zero-order chi connectivity index (χ0) is 19.7. The number of hydrogen-bond acceptors (Lipinski definition) is 5. The second kappa shape index (κ2) is 7.07. The van der Waals surface area contributed by atoms with Gasteiger partial charge in [-0.05, 0) is 19.9 Å². The SMILES string of the molecule is CCn1nc(C(=O)Nc2n[nH]c(-c3ccc(C)cc3)n2)c2ccccc2c1=O. The van der Waals surface area contributed by atoms with E-state index in [4.69, 9.17) is 0 Å². The zero-order valence-corrected chi connectivity index (χ0v) is 15.4. The van der Waals surface area contributed by atoms with Crippen molar-refractivity contribution in [1.29, 1.82) is 0 Å². The summed E-state index contributed by atoms with van der Waals surface area (Å²) in [7, 11) is 0. The van der Waals surface area contributed by atoms with Crippen molar-refractivity contribution < 1.29 is 4.79 Å². The highest BCUT2D eigenvalue weighted by Crippen LogP contribution is 2.18. The van der Waals surface area contributed by atoms with Gasteiger partial charge in [-0.3, -0.25) is 20.0 Å². The van der Waals surface area contributed by atoms with Crippen LogP contribution in [-0.4, -0.2) is 30.9 Å². The third-order valence-corrected chi connectivity index (χ3v) is 4.42. The van der Waals surface area contributed by atoms with E-state index >= 15 is 0 Å². The van der Waals surface area contributed by atoms with Crippen molar-refractivity contribution in [2.45, 2.75) is 20.4 Å². The van der Waals surface area contributed by atoms with Crippen molar-refractivity contribution in [3.63, 3.8) is 0 Å². The second-order valence-corrected chi connectivity index (χ2v) is 6.34. The summed E-state index contributed by atoms with van der Waals surface area (Å²) in [4.78, 5) is 29.6. The summed E-state index contributed by atoms with van der Waals surface area (Å²) in [6, 6.07) is 14.7. The van der Waals surface area contributed by atoms with E-state index in [0.717, 1.165) is 11.1 Å². The fourth-order valence-electron chi connectivity index (χ4n) is 2.94. The van der Waals surface area contributed by atoms with Crippen LogP contribution in [0.3, 0.4) is 0 Å². The lowest BCUT2D eigenvalue weighted by atomic mass is 10.1. The highest BCUT2D eigenvalue weighted by Gasteiger charge is 2.18. The maximum atomic E-state index is 12.8. The van der Waals surface area contributed by atoms with Gasteiger partial charge in [0.1, 0.15) is 0 Å². The van der Waals surface area contributed by atoms with E-state index in [0.29, 0.717) is 23.1 Å². The Labute approximate surface area is 160 Å². The van der Waals surface area contributed by atoms with E-state index in [9.17, 15) is 9.59 Å². The number of aromatic nitrogens is 5. The van der Waals surface area contributed by atoms with Gasteiger partial charge in [-0.15, -0.1) is 5.10 Å². The first-order chi connectivity index (χ1) is 13.6. The van der Waals surface area contributed by atoms with Gasteiger partial charge in [-0.2, -0.15) is 10.1 Å². The van der Waals surface area contributed by atoms with Crippen LogP contribution in [-0.2, 0) is 6.54 Å². The molecule has 0 unspecified atom stereocenters. The number of H-pyrrole nitrogens is 1. The van der Waals surface area contributed by atoms with Crippen LogP contribution >= 0.6 is 0 Å². The number of aromatic amines is 1. The van der Waals surface area contributed by atoms with Crippen LogP contribution < -0.4 is 10.9 Å². The first kappa shape index (κ1) is 17.6. The summed E-state index contributed by atoms with van der Waals surface area (Å²) < 4.78 is 1.27. The molecule has 2 N–H and O–H groups in total. The van der Waals surface area contributed by atoms with E-state index in [-0.39, 0.29) is 17.2 Å². The van der Waals surface area contributed by atoms with Crippen LogP contribution in [0.1, 0.15) is 23.0 Å². The molecule has 0 aliphatic heterocycles. The molecule has 0 atom stereocenters. The van der Waals surface area contributed by atoms with Crippen molar-refractivity contribution in [2.24, 2.45) is 0 Å². The third kappa shape index (κ3) is 3.16. The topological polar surface area (TPSA) is 106 Å². The van der Waals surface area contributed by atoms with Crippen molar-refractivity contribution >= 4 is 22.6 Å². The highest BCUT2D eigenvalue weighted by atomic mass is 16.2. The number of fused-ring (bicyclic) bond motifs is 1. The zero-order valence-electron chi connectivity index (χ0n) is 15.4. The van der Waals surface area contributed by atoms with Gasteiger partial charge < -0.3 is 0 Å². The molecule has 140 valence electrons. The lowest BCUT2D eigenvalue weighted by Crippen LogP contribution is -2.27. The molecular weight excluding hydrogens is 356 g/mol. The molecule has 0 radical (unpaired) electrons. The van der Waals surface area contributed by atoms with Gasteiger partial charge in [0.2, 0.25) is 5.95 Å². The van der Waals surface area contributed by atoms with Crippen molar-refractivity contribution in [1.82, 2.24) is 25.0 Å². The van der Waals surface area contributed by atoms with Gasteiger partial charge in [-0.1, -0.05) is 48.0 Å². The van der Waals surface area contributed by atoms with Gasteiger partial charge in [0.15, 0.2) is 11.5 Å². The number of aryl methyl sites for hydroxylation is 2. The molecule has 2 aromatic heterocycles. The molecule has 0 fully saturated rings. The molecule has 8 heteroatoms.